The number of rotatable bonds is 4. The number of H-pyrrole nitrogens is 1. The molecule has 0 bridgehead atoms. The van der Waals surface area contributed by atoms with Crippen LogP contribution in [0.3, 0.4) is 0 Å². The van der Waals surface area contributed by atoms with Crippen molar-refractivity contribution < 1.29 is 18.1 Å². The van der Waals surface area contributed by atoms with Crippen molar-refractivity contribution in [2.75, 3.05) is 0 Å². The lowest BCUT2D eigenvalue weighted by Crippen LogP contribution is -2.16. The van der Waals surface area contributed by atoms with Gasteiger partial charge in [0, 0.05) is 23.0 Å². The quantitative estimate of drug-likeness (QED) is 0.535. The van der Waals surface area contributed by atoms with Crippen LogP contribution in [0.1, 0.15) is 21.6 Å². The molecule has 134 valence electrons. The molecule has 3 rings (SSSR count). The van der Waals surface area contributed by atoms with Gasteiger partial charge in [-0.25, -0.2) is 8.42 Å². The summed E-state index contributed by atoms with van der Waals surface area (Å²) >= 11 is 0. The summed E-state index contributed by atoms with van der Waals surface area (Å²) in [6.07, 6.45) is 0. The number of benzene rings is 2. The van der Waals surface area contributed by atoms with Crippen molar-refractivity contribution in [3.8, 4) is 0 Å². The zero-order valence-corrected chi connectivity index (χ0v) is 14.8. The number of carbonyl (C=O) groups is 1. The Balaban J connectivity index is 2.41. The number of primary amides is 1. The van der Waals surface area contributed by atoms with Gasteiger partial charge in [-0.15, -0.1) is 0 Å². The zero-order valence-electron chi connectivity index (χ0n) is 13.9. The van der Waals surface area contributed by atoms with E-state index in [4.69, 9.17) is 5.73 Å². The van der Waals surface area contributed by atoms with Gasteiger partial charge in [-0.1, -0.05) is 6.07 Å². The fourth-order valence-electron chi connectivity index (χ4n) is 2.93. The molecule has 0 atom stereocenters. The summed E-state index contributed by atoms with van der Waals surface area (Å²) in [6.45, 7) is 3.50. The number of hydrogen-bond donors (Lipinski definition) is 2. The Morgan fingerprint density at radius 3 is 2.27 bits per heavy atom. The number of nitrogens with zero attached hydrogens (tertiary/aromatic N) is 1. The molecule has 8 nitrogen and oxygen atoms in total. The van der Waals surface area contributed by atoms with Crippen LogP contribution in [0.5, 0.6) is 0 Å². The molecule has 1 aromatic heterocycles. The standard InChI is InChI=1S/C17H15N3O5S/c1-9-5-10(2)7-12(6-9)26(24,25)16-13-8-11(20(22)23)3-4-14(13)19-15(16)17(18)21/h3-8,19H,1-2H3,(H2,18,21). The molecule has 0 aliphatic carbocycles. The van der Waals surface area contributed by atoms with Gasteiger partial charge in [0.25, 0.3) is 11.6 Å². The maximum atomic E-state index is 13.2. The maximum Gasteiger partial charge on any atom is 0.270 e. The van der Waals surface area contributed by atoms with Crippen LogP contribution in [0.25, 0.3) is 10.9 Å². The Bertz CT molecular complexity index is 1160. The molecule has 9 heteroatoms. The monoisotopic (exact) mass is 373 g/mol. The molecule has 0 fully saturated rings. The molecule has 0 saturated heterocycles. The molecule has 1 amide bonds. The third-order valence-corrected chi connectivity index (χ3v) is 5.78. The van der Waals surface area contributed by atoms with Gasteiger partial charge in [-0.05, 0) is 43.2 Å². The van der Waals surface area contributed by atoms with Crippen LogP contribution >= 0.6 is 0 Å². The van der Waals surface area contributed by atoms with Crippen LogP contribution in [0.4, 0.5) is 5.69 Å². The van der Waals surface area contributed by atoms with Crippen molar-refractivity contribution in [2.45, 2.75) is 23.6 Å². The number of carbonyl (C=O) groups excluding carboxylic acids is 1. The SMILES string of the molecule is Cc1cc(C)cc(S(=O)(=O)c2c(C(N)=O)[nH]c3ccc([N+](=O)[O-])cc23)c1. The second kappa shape index (κ2) is 5.95. The van der Waals surface area contributed by atoms with Gasteiger partial charge >= 0.3 is 0 Å². The molecule has 0 spiro atoms. The van der Waals surface area contributed by atoms with Gasteiger partial charge in [0.15, 0.2) is 0 Å². The summed E-state index contributed by atoms with van der Waals surface area (Å²) < 4.78 is 26.4. The topological polar surface area (TPSA) is 136 Å². The lowest BCUT2D eigenvalue weighted by atomic mass is 10.2. The molecular formula is C17H15N3O5S. The van der Waals surface area contributed by atoms with Crippen molar-refractivity contribution in [3.05, 3.63) is 63.3 Å². The molecular weight excluding hydrogens is 358 g/mol. The predicted octanol–water partition coefficient (Wildman–Crippen LogP) is 2.62. The van der Waals surface area contributed by atoms with E-state index in [9.17, 15) is 23.3 Å². The number of sulfone groups is 1. The number of nitro groups is 1. The molecule has 0 saturated carbocycles. The summed E-state index contributed by atoms with van der Waals surface area (Å²) in [6, 6.07) is 8.45. The molecule has 3 aromatic rings. The minimum Gasteiger partial charge on any atom is -0.364 e. The fourth-order valence-corrected chi connectivity index (χ4v) is 4.72. The summed E-state index contributed by atoms with van der Waals surface area (Å²) in [7, 11) is -4.14. The Hall–Kier alpha value is -3.20. The number of amides is 1. The van der Waals surface area contributed by atoms with Crippen molar-refractivity contribution in [2.24, 2.45) is 5.73 Å². The van der Waals surface area contributed by atoms with E-state index in [-0.39, 0.29) is 32.1 Å². The van der Waals surface area contributed by atoms with Gasteiger partial charge in [-0.3, -0.25) is 14.9 Å². The fraction of sp³-hybridized carbons (Fsp3) is 0.118. The minimum absolute atomic E-state index is 0.00935. The highest BCUT2D eigenvalue weighted by molar-refractivity contribution is 7.91. The Morgan fingerprint density at radius 2 is 1.73 bits per heavy atom. The minimum atomic E-state index is -4.14. The first-order valence-corrected chi connectivity index (χ1v) is 9.03. The first-order chi connectivity index (χ1) is 12.1. The molecule has 0 aliphatic rings. The Morgan fingerprint density at radius 1 is 1.12 bits per heavy atom. The predicted molar refractivity (Wildman–Crippen MR) is 94.8 cm³/mol. The summed E-state index contributed by atoms with van der Waals surface area (Å²) in [5.41, 5.74) is 6.48. The van der Waals surface area contributed by atoms with Gasteiger partial charge in [-0.2, -0.15) is 0 Å². The number of nitrogens with one attached hydrogen (secondary N) is 1. The summed E-state index contributed by atoms with van der Waals surface area (Å²) in [4.78, 5) is 24.5. The maximum absolute atomic E-state index is 13.2. The molecule has 0 radical (unpaired) electrons. The van der Waals surface area contributed by atoms with Crippen LogP contribution in [0.2, 0.25) is 0 Å². The van der Waals surface area contributed by atoms with Gasteiger partial charge in [0.05, 0.1) is 9.82 Å². The van der Waals surface area contributed by atoms with Crippen molar-refractivity contribution in [1.29, 1.82) is 0 Å². The summed E-state index contributed by atoms with van der Waals surface area (Å²) in [5.74, 6) is -0.966. The number of non-ortho nitro benzene ring substituents is 1. The molecule has 0 unspecified atom stereocenters. The second-order valence-corrected chi connectivity index (χ2v) is 7.89. The van der Waals surface area contributed by atoms with Crippen molar-refractivity contribution >= 4 is 32.3 Å². The van der Waals surface area contributed by atoms with Crippen LogP contribution in [-0.2, 0) is 9.84 Å². The van der Waals surface area contributed by atoms with Crippen LogP contribution in [-0.4, -0.2) is 24.2 Å². The number of aryl methyl sites for hydroxylation is 2. The van der Waals surface area contributed by atoms with Crippen LogP contribution in [0.15, 0.2) is 46.2 Å². The van der Waals surface area contributed by atoms with E-state index in [0.717, 1.165) is 17.2 Å². The number of aromatic amines is 1. The molecule has 0 aliphatic heterocycles. The second-order valence-electron chi connectivity index (χ2n) is 6.01. The number of hydrogen-bond acceptors (Lipinski definition) is 5. The van der Waals surface area contributed by atoms with E-state index in [2.05, 4.69) is 4.98 Å². The number of nitro benzene ring substituents is 1. The molecule has 2 aromatic carbocycles. The zero-order chi connectivity index (χ0) is 19.2. The normalized spacial score (nSPS) is 11.6. The lowest BCUT2D eigenvalue weighted by Gasteiger charge is -2.08. The van der Waals surface area contributed by atoms with Gasteiger partial charge < -0.3 is 10.7 Å². The first-order valence-electron chi connectivity index (χ1n) is 7.54. The Labute approximate surface area is 148 Å². The van der Waals surface area contributed by atoms with E-state index in [0.29, 0.717) is 0 Å². The highest BCUT2D eigenvalue weighted by atomic mass is 32.2. The average Bonchev–Trinajstić information content (AvgIpc) is 2.93. The number of nitrogens with two attached hydrogens (primary N) is 1. The third kappa shape index (κ3) is 2.82. The lowest BCUT2D eigenvalue weighted by molar-refractivity contribution is -0.384. The highest BCUT2D eigenvalue weighted by Crippen LogP contribution is 2.34. The van der Waals surface area contributed by atoms with Crippen molar-refractivity contribution in [3.63, 3.8) is 0 Å². The largest absolute Gasteiger partial charge is 0.364 e. The Kier molecular flexibility index (Phi) is 4.03. The smallest absolute Gasteiger partial charge is 0.270 e. The van der Waals surface area contributed by atoms with Crippen LogP contribution in [0, 0.1) is 24.0 Å². The first kappa shape index (κ1) is 17.6. The highest BCUT2D eigenvalue weighted by Gasteiger charge is 2.30. The molecule has 3 N–H and O–H groups in total. The van der Waals surface area contributed by atoms with Gasteiger partial charge in [0.2, 0.25) is 9.84 Å². The van der Waals surface area contributed by atoms with E-state index in [1.54, 1.807) is 13.8 Å². The van der Waals surface area contributed by atoms with E-state index in [1.165, 1.54) is 24.3 Å². The number of aromatic nitrogens is 1. The van der Waals surface area contributed by atoms with E-state index >= 15 is 0 Å². The van der Waals surface area contributed by atoms with Gasteiger partial charge in [0.1, 0.15) is 10.6 Å². The number of fused-ring (bicyclic) bond motifs is 1. The molecule has 1 heterocycles. The molecule has 26 heavy (non-hydrogen) atoms. The van der Waals surface area contributed by atoms with Crippen LogP contribution < -0.4 is 5.73 Å². The summed E-state index contributed by atoms with van der Waals surface area (Å²) in [5, 5.41) is 11.1. The van der Waals surface area contributed by atoms with E-state index in [1.807, 2.05) is 6.07 Å². The van der Waals surface area contributed by atoms with E-state index < -0.39 is 20.7 Å². The van der Waals surface area contributed by atoms with Crippen molar-refractivity contribution in [1.82, 2.24) is 4.98 Å². The average molecular weight is 373 g/mol. The third-order valence-electron chi connectivity index (χ3n) is 3.97.